The normalized spacial score (nSPS) is 23.0. The quantitative estimate of drug-likeness (QED) is 0.881. The Morgan fingerprint density at radius 3 is 2.89 bits per heavy atom. The number of anilines is 1. The molecule has 0 saturated heterocycles. The van der Waals surface area contributed by atoms with Crippen LogP contribution in [-0.2, 0) is 0 Å². The summed E-state index contributed by atoms with van der Waals surface area (Å²) in [4.78, 5) is 10.9. The second-order valence-electron chi connectivity index (χ2n) is 4.46. The van der Waals surface area contributed by atoms with Crippen LogP contribution in [0.15, 0.2) is 22.7 Å². The van der Waals surface area contributed by atoms with Gasteiger partial charge < -0.3 is 10.4 Å². The summed E-state index contributed by atoms with van der Waals surface area (Å²) in [6, 6.07) is 5.60. The fourth-order valence-corrected chi connectivity index (χ4v) is 3.77. The lowest BCUT2D eigenvalue weighted by atomic mass is 10.2. The molecule has 5 heteroatoms. The van der Waals surface area contributed by atoms with Gasteiger partial charge in [-0.05, 0) is 53.2 Å². The molecule has 0 aromatic heterocycles. The maximum Gasteiger partial charge on any atom is 0.335 e. The number of rotatable bonds is 4. The van der Waals surface area contributed by atoms with Gasteiger partial charge in [0.15, 0.2) is 0 Å². The summed E-state index contributed by atoms with van der Waals surface area (Å²) in [6.45, 7) is 0. The average Bonchev–Trinajstić information content (AvgIpc) is 2.78. The third-order valence-electron chi connectivity index (χ3n) is 3.31. The maximum absolute atomic E-state index is 10.9. The molecular formula is C13H16BrNO2S. The molecule has 2 unspecified atom stereocenters. The molecule has 1 saturated carbocycles. The number of benzene rings is 1. The Kier molecular flexibility index (Phi) is 4.56. The van der Waals surface area contributed by atoms with Gasteiger partial charge in [-0.3, -0.25) is 0 Å². The van der Waals surface area contributed by atoms with Crippen molar-refractivity contribution >= 4 is 39.3 Å². The van der Waals surface area contributed by atoms with Crippen LogP contribution < -0.4 is 5.32 Å². The summed E-state index contributed by atoms with van der Waals surface area (Å²) >= 11 is 5.33. The first-order valence-electron chi connectivity index (χ1n) is 5.94. The summed E-state index contributed by atoms with van der Waals surface area (Å²) in [7, 11) is 0. The van der Waals surface area contributed by atoms with E-state index in [2.05, 4.69) is 27.5 Å². The number of nitrogens with one attached hydrogen (secondary N) is 1. The molecule has 1 aromatic rings. The van der Waals surface area contributed by atoms with Crippen LogP contribution in [0.2, 0.25) is 0 Å². The monoisotopic (exact) mass is 329 g/mol. The van der Waals surface area contributed by atoms with E-state index in [1.807, 2.05) is 17.8 Å². The van der Waals surface area contributed by atoms with E-state index in [9.17, 15) is 4.79 Å². The van der Waals surface area contributed by atoms with Crippen LogP contribution in [0.5, 0.6) is 0 Å². The van der Waals surface area contributed by atoms with E-state index in [1.54, 1.807) is 12.1 Å². The zero-order valence-electron chi connectivity index (χ0n) is 10.1. The molecule has 0 amide bonds. The number of thioether (sulfide) groups is 1. The third-order valence-corrected chi connectivity index (χ3v) is 5.14. The average molecular weight is 330 g/mol. The summed E-state index contributed by atoms with van der Waals surface area (Å²) < 4.78 is 0.814. The zero-order valence-corrected chi connectivity index (χ0v) is 12.6. The second-order valence-corrected chi connectivity index (χ2v) is 6.39. The molecule has 0 aliphatic heterocycles. The SMILES string of the molecule is CSC1CCCC1Nc1ccc(C(=O)O)cc1Br. The van der Waals surface area contributed by atoms with Gasteiger partial charge in [-0.15, -0.1) is 0 Å². The molecule has 0 heterocycles. The van der Waals surface area contributed by atoms with E-state index in [4.69, 9.17) is 5.11 Å². The Balaban J connectivity index is 2.12. The van der Waals surface area contributed by atoms with E-state index >= 15 is 0 Å². The molecular weight excluding hydrogens is 314 g/mol. The van der Waals surface area contributed by atoms with Crippen molar-refractivity contribution in [1.29, 1.82) is 0 Å². The van der Waals surface area contributed by atoms with Gasteiger partial charge in [0.05, 0.1) is 5.56 Å². The molecule has 98 valence electrons. The van der Waals surface area contributed by atoms with Gasteiger partial charge in [-0.2, -0.15) is 11.8 Å². The van der Waals surface area contributed by atoms with Crippen molar-refractivity contribution in [2.75, 3.05) is 11.6 Å². The number of aromatic carboxylic acids is 1. The van der Waals surface area contributed by atoms with Gasteiger partial charge >= 0.3 is 5.97 Å². The lowest BCUT2D eigenvalue weighted by Crippen LogP contribution is -2.25. The third kappa shape index (κ3) is 3.01. The van der Waals surface area contributed by atoms with Crippen LogP contribution in [0.3, 0.4) is 0 Å². The van der Waals surface area contributed by atoms with Gasteiger partial charge in [-0.1, -0.05) is 6.42 Å². The van der Waals surface area contributed by atoms with Crippen molar-refractivity contribution in [3.8, 4) is 0 Å². The van der Waals surface area contributed by atoms with Crippen LogP contribution in [0.1, 0.15) is 29.6 Å². The molecule has 1 aliphatic rings. The highest BCUT2D eigenvalue weighted by Gasteiger charge is 2.26. The molecule has 2 rings (SSSR count). The van der Waals surface area contributed by atoms with Crippen molar-refractivity contribution in [2.24, 2.45) is 0 Å². The van der Waals surface area contributed by atoms with Gasteiger partial charge in [0.2, 0.25) is 0 Å². The largest absolute Gasteiger partial charge is 0.478 e. The molecule has 2 N–H and O–H groups in total. The minimum Gasteiger partial charge on any atom is -0.478 e. The van der Waals surface area contributed by atoms with Crippen molar-refractivity contribution < 1.29 is 9.90 Å². The van der Waals surface area contributed by atoms with Gasteiger partial charge in [0, 0.05) is 21.5 Å². The number of carboxylic acid groups (broad SMARTS) is 1. The fraction of sp³-hybridized carbons (Fsp3) is 0.462. The predicted molar refractivity (Wildman–Crippen MR) is 79.7 cm³/mol. The first kappa shape index (κ1) is 13.7. The highest BCUT2D eigenvalue weighted by molar-refractivity contribution is 9.10. The lowest BCUT2D eigenvalue weighted by molar-refractivity contribution is 0.0697. The topological polar surface area (TPSA) is 49.3 Å². The van der Waals surface area contributed by atoms with Gasteiger partial charge in [-0.25, -0.2) is 4.79 Å². The maximum atomic E-state index is 10.9. The van der Waals surface area contributed by atoms with E-state index in [0.29, 0.717) is 16.9 Å². The Morgan fingerprint density at radius 1 is 1.50 bits per heavy atom. The van der Waals surface area contributed by atoms with E-state index < -0.39 is 5.97 Å². The lowest BCUT2D eigenvalue weighted by Gasteiger charge is -2.21. The van der Waals surface area contributed by atoms with Crippen molar-refractivity contribution in [3.63, 3.8) is 0 Å². The molecule has 1 aromatic carbocycles. The molecule has 18 heavy (non-hydrogen) atoms. The van der Waals surface area contributed by atoms with Crippen molar-refractivity contribution in [2.45, 2.75) is 30.6 Å². The molecule has 1 fully saturated rings. The predicted octanol–water partition coefficient (Wildman–Crippen LogP) is 3.84. The second kappa shape index (κ2) is 5.97. The minimum absolute atomic E-state index is 0.306. The number of hydrogen-bond donors (Lipinski definition) is 2. The number of carbonyl (C=O) groups is 1. The number of hydrogen-bond acceptors (Lipinski definition) is 3. The highest BCUT2D eigenvalue weighted by atomic mass is 79.9. The van der Waals surface area contributed by atoms with Crippen LogP contribution >= 0.6 is 27.7 Å². The highest BCUT2D eigenvalue weighted by Crippen LogP contribution is 2.33. The van der Waals surface area contributed by atoms with Gasteiger partial charge in [0.1, 0.15) is 0 Å². The summed E-state index contributed by atoms with van der Waals surface area (Å²) in [5.74, 6) is -0.898. The smallest absolute Gasteiger partial charge is 0.335 e. The summed E-state index contributed by atoms with van der Waals surface area (Å²) in [5.41, 5.74) is 1.28. The van der Waals surface area contributed by atoms with Gasteiger partial charge in [0.25, 0.3) is 0 Å². The molecule has 2 atom stereocenters. The Labute approximate surface area is 119 Å². The molecule has 0 bridgehead atoms. The Bertz CT molecular complexity index is 453. The molecule has 0 radical (unpaired) electrons. The van der Waals surface area contributed by atoms with Crippen LogP contribution in [-0.4, -0.2) is 28.6 Å². The fourth-order valence-electron chi connectivity index (χ4n) is 2.34. The molecule has 1 aliphatic carbocycles. The number of halogens is 1. The van der Waals surface area contributed by atoms with Crippen LogP contribution in [0.25, 0.3) is 0 Å². The van der Waals surface area contributed by atoms with E-state index in [-0.39, 0.29) is 0 Å². The van der Waals surface area contributed by atoms with Crippen molar-refractivity contribution in [3.05, 3.63) is 28.2 Å². The molecule has 0 spiro atoms. The van der Waals surface area contributed by atoms with Crippen LogP contribution in [0.4, 0.5) is 5.69 Å². The number of carboxylic acids is 1. The Hall–Kier alpha value is -0.680. The minimum atomic E-state index is -0.898. The van der Waals surface area contributed by atoms with Crippen molar-refractivity contribution in [1.82, 2.24) is 0 Å². The summed E-state index contributed by atoms with van der Waals surface area (Å²) in [6.07, 6.45) is 5.84. The summed E-state index contributed by atoms with van der Waals surface area (Å²) in [5, 5.41) is 13.1. The zero-order chi connectivity index (χ0) is 13.1. The standard InChI is InChI=1S/C13H16BrNO2S/c1-18-12-4-2-3-11(12)15-10-6-5-8(13(16)17)7-9(10)14/h5-7,11-12,15H,2-4H2,1H3,(H,16,17). The Morgan fingerprint density at radius 2 is 2.28 bits per heavy atom. The van der Waals surface area contributed by atoms with E-state index in [0.717, 1.165) is 10.2 Å². The molecule has 3 nitrogen and oxygen atoms in total. The van der Waals surface area contributed by atoms with E-state index in [1.165, 1.54) is 19.3 Å². The van der Waals surface area contributed by atoms with Crippen LogP contribution in [0, 0.1) is 0 Å². The first-order chi connectivity index (χ1) is 8.61. The first-order valence-corrected chi connectivity index (χ1v) is 8.02.